The molecule has 2 aromatic carbocycles. The molecule has 5 nitrogen and oxygen atoms in total. The van der Waals surface area contributed by atoms with Gasteiger partial charge in [0.15, 0.2) is 0 Å². The third-order valence-electron chi connectivity index (χ3n) is 5.06. The van der Waals surface area contributed by atoms with E-state index in [1.807, 2.05) is 54.7 Å². The molecule has 1 aromatic heterocycles. The average Bonchev–Trinajstić information content (AvgIpc) is 3.13. The molecular weight excluding hydrogens is 314 g/mol. The summed E-state index contributed by atoms with van der Waals surface area (Å²) in [6, 6.07) is 17.3. The smallest absolute Gasteiger partial charge is 0.254 e. The Morgan fingerprint density at radius 3 is 2.76 bits per heavy atom. The maximum absolute atomic E-state index is 13.1. The number of benzene rings is 2. The van der Waals surface area contributed by atoms with Gasteiger partial charge in [-0.2, -0.15) is 0 Å². The van der Waals surface area contributed by atoms with Crippen molar-refractivity contribution in [2.45, 2.75) is 18.1 Å². The second-order valence-corrected chi connectivity index (χ2v) is 6.51. The lowest BCUT2D eigenvalue weighted by molar-refractivity contribution is 0.0290. The first-order valence-corrected chi connectivity index (χ1v) is 8.54. The second-order valence-electron chi connectivity index (χ2n) is 6.51. The first-order valence-electron chi connectivity index (χ1n) is 8.54. The van der Waals surface area contributed by atoms with E-state index in [9.17, 15) is 9.90 Å². The van der Waals surface area contributed by atoms with Crippen molar-refractivity contribution in [3.8, 4) is 0 Å². The first kappa shape index (κ1) is 15.9. The number of amides is 1. The fourth-order valence-electron chi connectivity index (χ4n) is 3.70. The number of nitrogens with one attached hydrogen (secondary N) is 3. The van der Waals surface area contributed by atoms with Gasteiger partial charge in [-0.05, 0) is 30.7 Å². The number of β-amino-alcohol motifs (C(OH)–C–C–N with tert-alkyl or cyclic N) is 1. The predicted molar refractivity (Wildman–Crippen MR) is 97.4 cm³/mol. The Morgan fingerprint density at radius 2 is 1.96 bits per heavy atom. The number of aliphatic hydroxyl groups excluding tert-OH is 1. The summed E-state index contributed by atoms with van der Waals surface area (Å²) in [4.78, 5) is 16.2. The largest absolute Gasteiger partial charge is 0.389 e. The molecule has 4 rings (SSSR count). The van der Waals surface area contributed by atoms with Gasteiger partial charge in [-0.25, -0.2) is 0 Å². The lowest BCUT2D eigenvalue weighted by atomic mass is 9.79. The molecule has 1 aliphatic heterocycles. The maximum atomic E-state index is 13.1. The van der Waals surface area contributed by atoms with E-state index in [4.69, 9.17) is 0 Å². The fraction of sp³-hybridized carbons (Fsp3) is 0.250. The Morgan fingerprint density at radius 1 is 1.12 bits per heavy atom. The molecular formula is C20H21N3O2. The number of aromatic nitrogens is 1. The minimum atomic E-state index is -0.793. The van der Waals surface area contributed by atoms with E-state index in [2.05, 4.69) is 15.6 Å². The summed E-state index contributed by atoms with van der Waals surface area (Å²) >= 11 is 0. The van der Waals surface area contributed by atoms with Gasteiger partial charge < -0.3 is 20.7 Å². The molecule has 1 amide bonds. The Hall–Kier alpha value is -2.63. The lowest BCUT2D eigenvalue weighted by Gasteiger charge is -2.43. The standard InChI is InChI=1S/C20H21N3O2/c24-17-13-21-12-10-20(17,15-6-2-1-3-7-15)23-19(25)16-8-4-5-14-9-11-22-18(14)16/h1-9,11,17,21-22,24H,10,12-13H2,(H,23,25)/t17-,20+/m1/s1. The highest BCUT2D eigenvalue weighted by Crippen LogP contribution is 2.32. The van der Waals surface area contributed by atoms with Gasteiger partial charge in [-0.1, -0.05) is 42.5 Å². The second kappa shape index (κ2) is 6.35. The van der Waals surface area contributed by atoms with Crippen molar-refractivity contribution in [1.82, 2.24) is 15.6 Å². The molecule has 0 aliphatic carbocycles. The number of para-hydroxylation sites is 1. The summed E-state index contributed by atoms with van der Waals surface area (Å²) in [6.45, 7) is 1.18. The molecule has 0 radical (unpaired) electrons. The van der Waals surface area contributed by atoms with Crippen molar-refractivity contribution in [3.05, 3.63) is 71.9 Å². The van der Waals surface area contributed by atoms with E-state index in [-0.39, 0.29) is 5.91 Å². The van der Waals surface area contributed by atoms with Gasteiger partial charge in [0.25, 0.3) is 5.91 Å². The van der Waals surface area contributed by atoms with Crippen molar-refractivity contribution in [1.29, 1.82) is 0 Å². The van der Waals surface area contributed by atoms with Crippen LogP contribution in [0.25, 0.3) is 10.9 Å². The molecule has 0 bridgehead atoms. The highest BCUT2D eigenvalue weighted by molar-refractivity contribution is 6.06. The highest BCUT2D eigenvalue weighted by atomic mass is 16.3. The van der Waals surface area contributed by atoms with Crippen LogP contribution in [0.2, 0.25) is 0 Å². The van der Waals surface area contributed by atoms with Crippen molar-refractivity contribution >= 4 is 16.8 Å². The molecule has 0 saturated carbocycles. The molecule has 2 atom stereocenters. The van der Waals surface area contributed by atoms with E-state index in [1.54, 1.807) is 6.07 Å². The molecule has 5 heteroatoms. The molecule has 0 spiro atoms. The Bertz CT molecular complexity index is 890. The number of hydrogen-bond donors (Lipinski definition) is 4. The monoisotopic (exact) mass is 335 g/mol. The van der Waals surface area contributed by atoms with E-state index in [0.717, 1.165) is 23.0 Å². The van der Waals surface area contributed by atoms with Crippen LogP contribution in [0.1, 0.15) is 22.3 Å². The minimum absolute atomic E-state index is 0.183. The van der Waals surface area contributed by atoms with Gasteiger partial charge in [-0.15, -0.1) is 0 Å². The van der Waals surface area contributed by atoms with Gasteiger partial charge in [0.2, 0.25) is 0 Å². The predicted octanol–water partition coefficient (Wildman–Crippen LogP) is 2.15. The van der Waals surface area contributed by atoms with Crippen LogP contribution in [0.15, 0.2) is 60.8 Å². The molecule has 0 unspecified atom stereocenters. The number of hydrogen-bond acceptors (Lipinski definition) is 3. The maximum Gasteiger partial charge on any atom is 0.254 e. The molecule has 1 aliphatic rings. The first-order chi connectivity index (χ1) is 12.2. The van der Waals surface area contributed by atoms with E-state index in [0.29, 0.717) is 18.5 Å². The zero-order valence-corrected chi connectivity index (χ0v) is 13.8. The van der Waals surface area contributed by atoms with Gasteiger partial charge in [0.05, 0.1) is 22.7 Å². The summed E-state index contributed by atoms with van der Waals surface area (Å²) in [5.41, 5.74) is 1.53. The van der Waals surface area contributed by atoms with Crippen LogP contribution in [0.5, 0.6) is 0 Å². The molecule has 128 valence electrons. The quantitative estimate of drug-likeness (QED) is 0.592. The zero-order valence-electron chi connectivity index (χ0n) is 13.8. The molecule has 4 N–H and O–H groups in total. The molecule has 1 saturated heterocycles. The normalized spacial score (nSPS) is 23.5. The van der Waals surface area contributed by atoms with Crippen LogP contribution >= 0.6 is 0 Å². The van der Waals surface area contributed by atoms with Crippen LogP contribution in [0, 0.1) is 0 Å². The number of carbonyl (C=O) groups is 1. The Labute approximate surface area is 146 Å². The van der Waals surface area contributed by atoms with Crippen molar-refractivity contribution in [3.63, 3.8) is 0 Å². The lowest BCUT2D eigenvalue weighted by Crippen LogP contribution is -2.61. The number of aromatic amines is 1. The summed E-state index contributed by atoms with van der Waals surface area (Å²) in [6.07, 6.45) is 1.76. The van der Waals surface area contributed by atoms with Crippen LogP contribution in [-0.2, 0) is 5.54 Å². The van der Waals surface area contributed by atoms with Gasteiger partial charge >= 0.3 is 0 Å². The third kappa shape index (κ3) is 2.71. The van der Waals surface area contributed by atoms with Crippen LogP contribution in [0.3, 0.4) is 0 Å². The van der Waals surface area contributed by atoms with E-state index in [1.165, 1.54) is 0 Å². The van der Waals surface area contributed by atoms with Crippen LogP contribution in [-0.4, -0.2) is 35.2 Å². The topological polar surface area (TPSA) is 77.2 Å². The number of fused-ring (bicyclic) bond motifs is 1. The number of carbonyl (C=O) groups excluding carboxylic acids is 1. The molecule has 2 heterocycles. The number of rotatable bonds is 3. The summed E-state index contributed by atoms with van der Waals surface area (Å²) in [7, 11) is 0. The summed E-state index contributed by atoms with van der Waals surface area (Å²) in [5.74, 6) is -0.183. The number of H-pyrrole nitrogens is 1. The van der Waals surface area contributed by atoms with Crippen molar-refractivity contribution in [2.24, 2.45) is 0 Å². The summed E-state index contributed by atoms with van der Waals surface area (Å²) < 4.78 is 0. The number of aliphatic hydroxyl groups is 1. The average molecular weight is 335 g/mol. The van der Waals surface area contributed by atoms with Crippen LogP contribution in [0.4, 0.5) is 0 Å². The number of piperidine rings is 1. The summed E-state index contributed by atoms with van der Waals surface area (Å²) in [5, 5.41) is 18.1. The van der Waals surface area contributed by atoms with Gasteiger partial charge in [0.1, 0.15) is 0 Å². The van der Waals surface area contributed by atoms with Gasteiger partial charge in [-0.3, -0.25) is 4.79 Å². The zero-order chi connectivity index (χ0) is 17.3. The molecule has 1 fully saturated rings. The van der Waals surface area contributed by atoms with Crippen molar-refractivity contribution < 1.29 is 9.90 Å². The fourth-order valence-corrected chi connectivity index (χ4v) is 3.70. The van der Waals surface area contributed by atoms with Crippen molar-refractivity contribution in [2.75, 3.05) is 13.1 Å². The SMILES string of the molecule is O=C(N[C@]1(c2ccccc2)CCNC[C@H]1O)c1cccc2cc[nH]c12. The minimum Gasteiger partial charge on any atom is -0.389 e. The molecule has 3 aromatic rings. The molecule has 25 heavy (non-hydrogen) atoms. The van der Waals surface area contributed by atoms with E-state index < -0.39 is 11.6 Å². The Kier molecular flexibility index (Phi) is 4.03. The van der Waals surface area contributed by atoms with E-state index >= 15 is 0 Å². The third-order valence-corrected chi connectivity index (χ3v) is 5.06. The van der Waals surface area contributed by atoms with Gasteiger partial charge in [0, 0.05) is 18.1 Å². The van der Waals surface area contributed by atoms with Crippen LogP contribution < -0.4 is 10.6 Å². The Balaban J connectivity index is 1.74. The highest BCUT2D eigenvalue weighted by Gasteiger charge is 2.43.